The van der Waals surface area contributed by atoms with Crippen LogP contribution in [0, 0.1) is 26.5 Å². The molecule has 0 amide bonds. The van der Waals surface area contributed by atoms with Gasteiger partial charge < -0.3 is 0 Å². The Balaban J connectivity index is 2.16. The number of nitro groups is 1. The Labute approximate surface area is 128 Å². The highest BCUT2D eigenvalue weighted by Crippen LogP contribution is 2.21. The van der Waals surface area contributed by atoms with E-state index in [1.807, 2.05) is 12.1 Å². The van der Waals surface area contributed by atoms with Gasteiger partial charge in [0.05, 0.1) is 10.1 Å². The fourth-order valence-corrected chi connectivity index (χ4v) is 3.75. The second-order valence-corrected chi connectivity index (χ2v) is 6.31. The van der Waals surface area contributed by atoms with E-state index in [2.05, 4.69) is 25.1 Å². The molecule has 0 spiro atoms. The first kappa shape index (κ1) is 13.3. The molecule has 2 aromatic carbocycles. The standard InChI is InChI=1S/C19H17NO2/c1-12-5-6-13-7-8-15-14-3-2-4-19(20(21)22)17(14)10-9-16(15)18(13)11-12/h2-4,6-8,10,12H,5,9,11H2,1H3. The molecule has 4 rings (SSSR count). The summed E-state index contributed by atoms with van der Waals surface area (Å²) in [7, 11) is 0. The van der Waals surface area contributed by atoms with Crippen molar-refractivity contribution in [2.24, 2.45) is 5.92 Å². The molecule has 110 valence electrons. The lowest BCUT2D eigenvalue weighted by Gasteiger charge is -2.20. The molecule has 1 atom stereocenters. The van der Waals surface area contributed by atoms with Crippen LogP contribution in [0.3, 0.4) is 0 Å². The Morgan fingerprint density at radius 1 is 1.09 bits per heavy atom. The van der Waals surface area contributed by atoms with E-state index < -0.39 is 0 Å². The first-order valence-electron chi connectivity index (χ1n) is 7.74. The minimum absolute atomic E-state index is 0.209. The lowest BCUT2D eigenvalue weighted by molar-refractivity contribution is -0.385. The molecule has 0 saturated carbocycles. The number of rotatable bonds is 1. The van der Waals surface area contributed by atoms with Crippen molar-refractivity contribution in [1.82, 2.24) is 0 Å². The molecule has 0 saturated heterocycles. The van der Waals surface area contributed by atoms with Crippen LogP contribution in [-0.2, 0) is 12.8 Å². The zero-order chi connectivity index (χ0) is 15.3. The van der Waals surface area contributed by atoms with Gasteiger partial charge in [0, 0.05) is 6.07 Å². The molecule has 0 fully saturated rings. The van der Waals surface area contributed by atoms with Crippen molar-refractivity contribution in [3.63, 3.8) is 0 Å². The Kier molecular flexibility index (Phi) is 2.89. The SMILES string of the molecule is CC1CC=c2ccc3c(c2C1)CC=c1c([N+](=O)[O-])cccc1=3. The summed E-state index contributed by atoms with van der Waals surface area (Å²) in [5.41, 5.74) is 3.00. The number of hydrogen-bond acceptors (Lipinski definition) is 2. The van der Waals surface area contributed by atoms with Crippen LogP contribution in [0.1, 0.15) is 24.5 Å². The van der Waals surface area contributed by atoms with Gasteiger partial charge in [0.15, 0.2) is 0 Å². The van der Waals surface area contributed by atoms with Gasteiger partial charge in [-0.2, -0.15) is 0 Å². The van der Waals surface area contributed by atoms with Crippen LogP contribution in [-0.4, -0.2) is 4.92 Å². The number of hydrogen-bond donors (Lipinski definition) is 0. The molecule has 22 heavy (non-hydrogen) atoms. The summed E-state index contributed by atoms with van der Waals surface area (Å²) in [4.78, 5) is 11.0. The smallest absolute Gasteiger partial charge is 0.258 e. The van der Waals surface area contributed by atoms with E-state index in [9.17, 15) is 10.1 Å². The lowest BCUT2D eigenvalue weighted by atomic mass is 9.84. The van der Waals surface area contributed by atoms with Crippen LogP contribution in [0.4, 0.5) is 5.69 Å². The van der Waals surface area contributed by atoms with Crippen molar-refractivity contribution >= 4 is 17.8 Å². The van der Waals surface area contributed by atoms with Crippen molar-refractivity contribution in [3.8, 4) is 0 Å². The summed E-state index contributed by atoms with van der Waals surface area (Å²) in [6.45, 7) is 2.28. The molecular formula is C19H17NO2. The highest BCUT2D eigenvalue weighted by molar-refractivity contribution is 5.51. The molecule has 0 radical (unpaired) electrons. The molecule has 0 N–H and O–H groups in total. The zero-order valence-electron chi connectivity index (χ0n) is 12.5. The molecule has 2 aromatic rings. The lowest BCUT2D eigenvalue weighted by Crippen LogP contribution is -2.23. The summed E-state index contributed by atoms with van der Waals surface area (Å²) < 4.78 is 0. The largest absolute Gasteiger partial charge is 0.276 e. The highest BCUT2D eigenvalue weighted by Gasteiger charge is 2.17. The first-order chi connectivity index (χ1) is 10.6. The number of fused-ring (bicyclic) bond motifs is 4. The number of non-ortho nitro benzene ring substituents is 1. The second kappa shape index (κ2) is 4.80. The summed E-state index contributed by atoms with van der Waals surface area (Å²) in [5, 5.41) is 15.5. The van der Waals surface area contributed by atoms with Gasteiger partial charge in [-0.25, -0.2) is 0 Å². The average molecular weight is 291 g/mol. The third kappa shape index (κ3) is 1.89. The van der Waals surface area contributed by atoms with Gasteiger partial charge >= 0.3 is 0 Å². The summed E-state index contributed by atoms with van der Waals surface area (Å²) in [6.07, 6.45) is 7.38. The summed E-state index contributed by atoms with van der Waals surface area (Å²) >= 11 is 0. The second-order valence-electron chi connectivity index (χ2n) is 6.31. The van der Waals surface area contributed by atoms with E-state index in [1.165, 1.54) is 21.6 Å². The maximum Gasteiger partial charge on any atom is 0.276 e. The van der Waals surface area contributed by atoms with Crippen molar-refractivity contribution in [2.75, 3.05) is 0 Å². The maximum atomic E-state index is 11.2. The topological polar surface area (TPSA) is 43.1 Å². The fourth-order valence-electron chi connectivity index (χ4n) is 3.75. The molecule has 0 aromatic heterocycles. The molecular weight excluding hydrogens is 274 g/mol. The van der Waals surface area contributed by atoms with E-state index in [0.29, 0.717) is 5.92 Å². The van der Waals surface area contributed by atoms with Crippen molar-refractivity contribution in [3.05, 3.63) is 72.4 Å². The van der Waals surface area contributed by atoms with Gasteiger partial charge in [-0.1, -0.05) is 43.3 Å². The maximum absolute atomic E-state index is 11.2. The van der Waals surface area contributed by atoms with Gasteiger partial charge in [-0.3, -0.25) is 10.1 Å². The Morgan fingerprint density at radius 2 is 1.95 bits per heavy atom. The summed E-state index contributed by atoms with van der Waals surface area (Å²) in [5.74, 6) is 0.672. The first-order valence-corrected chi connectivity index (χ1v) is 7.74. The van der Waals surface area contributed by atoms with E-state index in [0.717, 1.165) is 29.7 Å². The monoisotopic (exact) mass is 291 g/mol. The minimum Gasteiger partial charge on any atom is -0.258 e. The highest BCUT2D eigenvalue weighted by atomic mass is 16.6. The van der Waals surface area contributed by atoms with E-state index >= 15 is 0 Å². The predicted molar refractivity (Wildman–Crippen MR) is 86.6 cm³/mol. The number of nitrogens with zero attached hydrogens (tertiary/aromatic N) is 1. The minimum atomic E-state index is -0.283. The Morgan fingerprint density at radius 3 is 2.77 bits per heavy atom. The fraction of sp³-hybridized carbons (Fsp3) is 0.263. The van der Waals surface area contributed by atoms with E-state index in [1.54, 1.807) is 12.1 Å². The van der Waals surface area contributed by atoms with Gasteiger partial charge in [-0.15, -0.1) is 0 Å². The molecule has 0 heterocycles. The molecule has 3 heteroatoms. The third-order valence-electron chi connectivity index (χ3n) is 4.84. The average Bonchev–Trinajstić information content (AvgIpc) is 2.53. The number of nitro benzene ring substituents is 1. The van der Waals surface area contributed by atoms with Gasteiger partial charge in [-0.05, 0) is 52.0 Å². The van der Waals surface area contributed by atoms with Crippen LogP contribution < -0.4 is 10.4 Å². The Hall–Kier alpha value is -2.42. The summed E-state index contributed by atoms with van der Waals surface area (Å²) in [6, 6.07) is 9.69. The molecule has 1 unspecified atom stereocenters. The van der Waals surface area contributed by atoms with Crippen LogP contribution in [0.15, 0.2) is 30.3 Å². The predicted octanol–water partition coefficient (Wildman–Crippen LogP) is 2.58. The van der Waals surface area contributed by atoms with Crippen LogP contribution >= 0.6 is 0 Å². The molecule has 2 aliphatic rings. The van der Waals surface area contributed by atoms with Gasteiger partial charge in [0.2, 0.25) is 0 Å². The van der Waals surface area contributed by atoms with Crippen molar-refractivity contribution in [1.29, 1.82) is 0 Å². The van der Waals surface area contributed by atoms with Crippen LogP contribution in [0.5, 0.6) is 0 Å². The molecule has 0 aliphatic heterocycles. The number of benzene rings is 2. The van der Waals surface area contributed by atoms with E-state index in [4.69, 9.17) is 0 Å². The zero-order valence-corrected chi connectivity index (χ0v) is 12.5. The Bertz CT molecular complexity index is 1000. The molecule has 3 nitrogen and oxygen atoms in total. The van der Waals surface area contributed by atoms with Gasteiger partial charge in [0.25, 0.3) is 5.69 Å². The van der Waals surface area contributed by atoms with Crippen molar-refractivity contribution in [2.45, 2.75) is 26.2 Å². The molecule has 2 aliphatic carbocycles. The van der Waals surface area contributed by atoms with E-state index in [-0.39, 0.29) is 10.6 Å². The van der Waals surface area contributed by atoms with Crippen LogP contribution in [0.2, 0.25) is 0 Å². The molecule has 0 bridgehead atoms. The quantitative estimate of drug-likeness (QED) is 0.598. The van der Waals surface area contributed by atoms with Crippen molar-refractivity contribution < 1.29 is 4.92 Å². The third-order valence-corrected chi connectivity index (χ3v) is 4.84. The normalized spacial score (nSPS) is 18.3. The van der Waals surface area contributed by atoms with Crippen LogP contribution in [0.25, 0.3) is 12.2 Å². The van der Waals surface area contributed by atoms with Gasteiger partial charge in [0.1, 0.15) is 0 Å².